The quantitative estimate of drug-likeness (QED) is 0.725. The Bertz CT molecular complexity index is 745. The van der Waals surface area contributed by atoms with Crippen molar-refractivity contribution in [2.75, 3.05) is 26.2 Å². The molecule has 1 fully saturated rings. The fourth-order valence-corrected chi connectivity index (χ4v) is 4.01. The van der Waals surface area contributed by atoms with Gasteiger partial charge in [-0.15, -0.1) is 0 Å². The van der Waals surface area contributed by atoms with Gasteiger partial charge in [-0.1, -0.05) is 13.0 Å². The van der Waals surface area contributed by atoms with E-state index in [4.69, 9.17) is 0 Å². The van der Waals surface area contributed by atoms with Gasteiger partial charge in [-0.05, 0) is 44.0 Å². The molecule has 2 N–H and O–H groups in total. The molecule has 152 valence electrons. The van der Waals surface area contributed by atoms with Gasteiger partial charge in [-0.2, -0.15) is 13.2 Å². The van der Waals surface area contributed by atoms with Crippen LogP contribution in [0.25, 0.3) is 0 Å². The van der Waals surface area contributed by atoms with E-state index in [-0.39, 0.29) is 6.04 Å². The molecule has 0 saturated carbocycles. The van der Waals surface area contributed by atoms with Gasteiger partial charge in [0, 0.05) is 19.1 Å². The predicted octanol–water partition coefficient (Wildman–Crippen LogP) is 1.97. The molecular weight excluding hydrogens is 383 g/mol. The van der Waals surface area contributed by atoms with E-state index < -0.39 is 39.1 Å². The second-order valence-corrected chi connectivity index (χ2v) is 8.30. The van der Waals surface area contributed by atoms with Crippen molar-refractivity contribution < 1.29 is 26.4 Å². The minimum absolute atomic E-state index is 0.0244. The molecule has 0 spiro atoms. The first kappa shape index (κ1) is 21.6. The van der Waals surface area contributed by atoms with E-state index in [9.17, 15) is 26.4 Å². The minimum atomic E-state index is -4.64. The zero-order valence-electron chi connectivity index (χ0n) is 15.1. The van der Waals surface area contributed by atoms with Gasteiger partial charge in [0.2, 0.25) is 15.9 Å². The second kappa shape index (κ2) is 9.03. The van der Waals surface area contributed by atoms with Crippen LogP contribution in [0.4, 0.5) is 13.2 Å². The number of alkyl halides is 3. The molecular formula is C17H24F3N3O3S. The lowest BCUT2D eigenvalue weighted by Gasteiger charge is -2.32. The van der Waals surface area contributed by atoms with Crippen LogP contribution in [-0.2, 0) is 21.0 Å². The summed E-state index contributed by atoms with van der Waals surface area (Å²) in [5.74, 6) is -0.500. The van der Waals surface area contributed by atoms with Crippen molar-refractivity contribution in [3.05, 3.63) is 29.8 Å². The summed E-state index contributed by atoms with van der Waals surface area (Å²) in [6, 6.07) is 3.38. The summed E-state index contributed by atoms with van der Waals surface area (Å²) in [4.78, 5) is 13.8. The number of halogens is 3. The average Bonchev–Trinajstić information content (AvgIpc) is 2.61. The van der Waals surface area contributed by atoms with Crippen LogP contribution in [-0.4, -0.2) is 51.4 Å². The van der Waals surface area contributed by atoms with Crippen molar-refractivity contribution >= 4 is 15.9 Å². The van der Waals surface area contributed by atoms with E-state index in [1.165, 1.54) is 0 Å². The van der Waals surface area contributed by atoms with Gasteiger partial charge < -0.3 is 10.2 Å². The van der Waals surface area contributed by atoms with Crippen LogP contribution in [0.3, 0.4) is 0 Å². The molecule has 1 aromatic rings. The molecule has 1 saturated heterocycles. The lowest BCUT2D eigenvalue weighted by molar-refractivity contribution is -0.137. The fraction of sp³-hybridized carbons (Fsp3) is 0.588. The van der Waals surface area contributed by atoms with Crippen molar-refractivity contribution in [1.82, 2.24) is 14.9 Å². The summed E-state index contributed by atoms with van der Waals surface area (Å²) < 4.78 is 64.5. The van der Waals surface area contributed by atoms with Gasteiger partial charge in [-0.3, -0.25) is 4.79 Å². The van der Waals surface area contributed by atoms with Gasteiger partial charge in [0.25, 0.3) is 0 Å². The maximum Gasteiger partial charge on any atom is 0.416 e. The van der Waals surface area contributed by atoms with Crippen LogP contribution >= 0.6 is 0 Å². The Balaban J connectivity index is 1.87. The van der Waals surface area contributed by atoms with Gasteiger partial charge >= 0.3 is 6.18 Å². The molecule has 0 bridgehead atoms. The van der Waals surface area contributed by atoms with Crippen LogP contribution in [0.15, 0.2) is 29.2 Å². The van der Waals surface area contributed by atoms with Gasteiger partial charge in [0.15, 0.2) is 0 Å². The lowest BCUT2D eigenvalue weighted by Crippen LogP contribution is -2.47. The maximum atomic E-state index is 12.7. The number of benzene rings is 1. The topological polar surface area (TPSA) is 78.5 Å². The molecule has 27 heavy (non-hydrogen) atoms. The molecule has 2 rings (SSSR count). The van der Waals surface area contributed by atoms with Gasteiger partial charge in [0.1, 0.15) is 0 Å². The van der Waals surface area contributed by atoms with Crippen LogP contribution < -0.4 is 10.0 Å². The zero-order valence-corrected chi connectivity index (χ0v) is 15.9. The first-order chi connectivity index (χ1) is 12.6. The van der Waals surface area contributed by atoms with Crippen LogP contribution in [0.2, 0.25) is 0 Å². The number of hydrogen-bond donors (Lipinski definition) is 2. The zero-order chi connectivity index (χ0) is 20.1. The fourth-order valence-electron chi connectivity index (χ4n) is 2.98. The van der Waals surface area contributed by atoms with E-state index in [0.29, 0.717) is 6.07 Å². The molecule has 1 heterocycles. The summed E-state index contributed by atoms with van der Waals surface area (Å²) in [6.45, 7) is 4.33. The van der Waals surface area contributed by atoms with Crippen molar-refractivity contribution in [2.45, 2.75) is 43.3 Å². The number of carbonyl (C=O) groups is 1. The Morgan fingerprint density at radius 3 is 2.52 bits per heavy atom. The monoisotopic (exact) mass is 407 g/mol. The van der Waals surface area contributed by atoms with E-state index in [2.05, 4.69) is 21.9 Å². The van der Waals surface area contributed by atoms with E-state index in [1.54, 1.807) is 0 Å². The normalized spacial score (nSPS) is 17.0. The molecule has 10 heteroatoms. The minimum Gasteiger partial charge on any atom is -0.352 e. The summed E-state index contributed by atoms with van der Waals surface area (Å²) in [7, 11) is -4.21. The largest absolute Gasteiger partial charge is 0.416 e. The van der Waals surface area contributed by atoms with Gasteiger partial charge in [-0.25, -0.2) is 13.1 Å². The number of nitrogens with one attached hydrogen (secondary N) is 2. The number of amides is 1. The van der Waals surface area contributed by atoms with Crippen LogP contribution in [0.1, 0.15) is 31.7 Å². The predicted molar refractivity (Wildman–Crippen MR) is 94.5 cm³/mol. The molecule has 0 aliphatic carbocycles. The lowest BCUT2D eigenvalue weighted by atomic mass is 10.0. The summed E-state index contributed by atoms with van der Waals surface area (Å²) in [5.41, 5.74) is -1.06. The number of sulfonamides is 1. The summed E-state index contributed by atoms with van der Waals surface area (Å²) in [5, 5.41) is 2.77. The molecule has 0 radical (unpaired) electrons. The van der Waals surface area contributed by atoms with Gasteiger partial charge in [0.05, 0.1) is 17.0 Å². The Hall–Kier alpha value is -1.65. The van der Waals surface area contributed by atoms with Crippen LogP contribution in [0, 0.1) is 0 Å². The van der Waals surface area contributed by atoms with Crippen molar-refractivity contribution in [3.8, 4) is 0 Å². The Labute approximate surface area is 157 Å². The van der Waals surface area contributed by atoms with Crippen LogP contribution in [0.5, 0.6) is 0 Å². The molecule has 1 aromatic carbocycles. The number of nitrogens with zero attached hydrogens (tertiary/aromatic N) is 1. The highest BCUT2D eigenvalue weighted by Crippen LogP contribution is 2.30. The Morgan fingerprint density at radius 2 is 1.93 bits per heavy atom. The summed E-state index contributed by atoms with van der Waals surface area (Å²) >= 11 is 0. The van der Waals surface area contributed by atoms with E-state index >= 15 is 0 Å². The first-order valence-corrected chi connectivity index (χ1v) is 10.3. The number of hydrogen-bond acceptors (Lipinski definition) is 4. The summed E-state index contributed by atoms with van der Waals surface area (Å²) in [6.07, 6.45) is -2.01. The Kier molecular flexibility index (Phi) is 7.24. The van der Waals surface area contributed by atoms with E-state index in [1.807, 2.05) is 0 Å². The second-order valence-electron chi connectivity index (χ2n) is 6.53. The smallest absolute Gasteiger partial charge is 0.352 e. The average molecular weight is 407 g/mol. The molecule has 0 atom stereocenters. The first-order valence-electron chi connectivity index (χ1n) is 8.80. The number of rotatable bonds is 7. The third-order valence-corrected chi connectivity index (χ3v) is 5.79. The molecule has 0 unspecified atom stereocenters. The third kappa shape index (κ3) is 6.47. The number of carbonyl (C=O) groups excluding carboxylic acids is 1. The SMILES string of the molecule is CCCN1CCC(NC(=O)CNS(=O)(=O)c2cccc(C(F)(F)F)c2)CC1. The third-order valence-electron chi connectivity index (χ3n) is 4.39. The van der Waals surface area contributed by atoms with Crippen molar-refractivity contribution in [3.63, 3.8) is 0 Å². The number of piperidine rings is 1. The highest BCUT2D eigenvalue weighted by molar-refractivity contribution is 7.89. The van der Waals surface area contributed by atoms with Crippen molar-refractivity contribution in [1.29, 1.82) is 0 Å². The molecule has 0 aromatic heterocycles. The molecule has 1 amide bonds. The van der Waals surface area contributed by atoms with Crippen molar-refractivity contribution in [2.24, 2.45) is 0 Å². The Morgan fingerprint density at radius 1 is 1.26 bits per heavy atom. The maximum absolute atomic E-state index is 12.7. The standard InChI is InChI=1S/C17H24F3N3O3S/c1-2-8-23-9-6-14(7-10-23)22-16(24)12-21-27(25,26)15-5-3-4-13(11-15)17(18,19)20/h3-5,11,14,21H,2,6-10,12H2,1H3,(H,22,24). The molecule has 1 aliphatic rings. The highest BCUT2D eigenvalue weighted by atomic mass is 32.2. The molecule has 6 nitrogen and oxygen atoms in total. The van der Waals surface area contributed by atoms with E-state index in [0.717, 1.165) is 57.1 Å². The highest BCUT2D eigenvalue weighted by Gasteiger charge is 2.31. The number of likely N-dealkylation sites (tertiary alicyclic amines) is 1. The molecule has 1 aliphatic heterocycles.